The lowest BCUT2D eigenvalue weighted by molar-refractivity contribution is 0.288. The van der Waals surface area contributed by atoms with Crippen molar-refractivity contribution in [1.82, 2.24) is 0 Å². The highest BCUT2D eigenvalue weighted by Gasteiger charge is 2.14. The second kappa shape index (κ2) is 3.82. The van der Waals surface area contributed by atoms with E-state index < -0.39 is 0 Å². The van der Waals surface area contributed by atoms with Gasteiger partial charge in [-0.2, -0.15) is 0 Å². The van der Waals surface area contributed by atoms with Crippen molar-refractivity contribution >= 4 is 11.6 Å². The maximum atomic E-state index is 6.18. The van der Waals surface area contributed by atoms with E-state index in [-0.39, 0.29) is 0 Å². The molecule has 0 fully saturated rings. The molecule has 1 aliphatic heterocycles. The summed E-state index contributed by atoms with van der Waals surface area (Å²) >= 11 is 6.18. The molecule has 0 amide bonds. The van der Waals surface area contributed by atoms with E-state index in [1.807, 2.05) is 6.07 Å². The smallest absolute Gasteiger partial charge is 0.123 e. The number of benzene rings is 1. The van der Waals surface area contributed by atoms with Crippen molar-refractivity contribution in [3.63, 3.8) is 0 Å². The molecular formula is C12H15ClO. The first-order chi connectivity index (χ1) is 6.68. The number of rotatable bonds is 1. The SMILES string of the molecule is CC(C)c1cc2c(cc1Cl)OCCC2. The highest BCUT2D eigenvalue weighted by Crippen LogP contribution is 2.34. The molecule has 0 saturated heterocycles. The Bertz CT molecular complexity index is 344. The molecule has 14 heavy (non-hydrogen) atoms. The lowest BCUT2D eigenvalue weighted by Crippen LogP contribution is -2.09. The van der Waals surface area contributed by atoms with Crippen molar-refractivity contribution in [2.45, 2.75) is 32.6 Å². The summed E-state index contributed by atoms with van der Waals surface area (Å²) in [5, 5.41) is 0.834. The van der Waals surface area contributed by atoms with E-state index >= 15 is 0 Å². The minimum Gasteiger partial charge on any atom is -0.493 e. The Labute approximate surface area is 90.0 Å². The summed E-state index contributed by atoms with van der Waals surface area (Å²) in [5.74, 6) is 1.46. The lowest BCUT2D eigenvalue weighted by Gasteiger charge is -2.20. The molecule has 0 saturated carbocycles. The quantitative estimate of drug-likeness (QED) is 0.686. The Morgan fingerprint density at radius 2 is 2.14 bits per heavy atom. The second-order valence-electron chi connectivity index (χ2n) is 4.09. The molecule has 0 unspecified atom stereocenters. The van der Waals surface area contributed by atoms with Crippen LogP contribution in [0.5, 0.6) is 5.75 Å². The van der Waals surface area contributed by atoms with Crippen LogP contribution in [-0.2, 0) is 6.42 Å². The highest BCUT2D eigenvalue weighted by atomic mass is 35.5. The van der Waals surface area contributed by atoms with E-state index in [9.17, 15) is 0 Å². The van der Waals surface area contributed by atoms with Crippen molar-refractivity contribution in [2.75, 3.05) is 6.61 Å². The number of hydrogen-bond donors (Lipinski definition) is 0. The molecule has 0 atom stereocenters. The van der Waals surface area contributed by atoms with Crippen LogP contribution in [0.15, 0.2) is 12.1 Å². The predicted octanol–water partition coefficient (Wildman–Crippen LogP) is 3.79. The molecule has 1 nitrogen and oxygen atoms in total. The first-order valence-electron chi connectivity index (χ1n) is 5.13. The minimum absolute atomic E-state index is 0.481. The van der Waals surface area contributed by atoms with Gasteiger partial charge in [-0.3, -0.25) is 0 Å². The van der Waals surface area contributed by atoms with Crippen LogP contribution in [0.2, 0.25) is 5.02 Å². The Kier molecular flexibility index (Phi) is 2.69. The van der Waals surface area contributed by atoms with E-state index in [0.29, 0.717) is 5.92 Å². The van der Waals surface area contributed by atoms with Crippen LogP contribution >= 0.6 is 11.6 Å². The minimum atomic E-state index is 0.481. The average molecular weight is 211 g/mol. The highest BCUT2D eigenvalue weighted by molar-refractivity contribution is 6.31. The van der Waals surface area contributed by atoms with Crippen LogP contribution in [0.4, 0.5) is 0 Å². The Morgan fingerprint density at radius 3 is 2.86 bits per heavy atom. The Hall–Kier alpha value is -0.690. The molecule has 0 N–H and O–H groups in total. The maximum Gasteiger partial charge on any atom is 0.123 e. The third kappa shape index (κ3) is 1.74. The molecule has 1 aliphatic rings. The predicted molar refractivity (Wildman–Crippen MR) is 59.4 cm³/mol. The van der Waals surface area contributed by atoms with Crippen molar-refractivity contribution in [3.05, 3.63) is 28.3 Å². The number of hydrogen-bond acceptors (Lipinski definition) is 1. The summed E-state index contributed by atoms with van der Waals surface area (Å²) in [4.78, 5) is 0. The first-order valence-corrected chi connectivity index (χ1v) is 5.51. The van der Waals surface area contributed by atoms with Gasteiger partial charge in [0.25, 0.3) is 0 Å². The second-order valence-corrected chi connectivity index (χ2v) is 4.50. The van der Waals surface area contributed by atoms with Gasteiger partial charge in [0.2, 0.25) is 0 Å². The monoisotopic (exact) mass is 210 g/mol. The zero-order valence-electron chi connectivity index (χ0n) is 8.64. The molecule has 1 aromatic carbocycles. The zero-order valence-corrected chi connectivity index (χ0v) is 9.40. The van der Waals surface area contributed by atoms with Crippen molar-refractivity contribution in [2.24, 2.45) is 0 Å². The van der Waals surface area contributed by atoms with Crippen LogP contribution in [0, 0.1) is 0 Å². The maximum absolute atomic E-state index is 6.18. The van der Waals surface area contributed by atoms with Gasteiger partial charge in [-0.05, 0) is 36.0 Å². The van der Waals surface area contributed by atoms with Gasteiger partial charge in [0.15, 0.2) is 0 Å². The van der Waals surface area contributed by atoms with Crippen molar-refractivity contribution in [1.29, 1.82) is 0 Å². The molecule has 1 heterocycles. The topological polar surface area (TPSA) is 9.23 Å². The number of ether oxygens (including phenoxy) is 1. The Morgan fingerprint density at radius 1 is 1.36 bits per heavy atom. The molecule has 2 heteroatoms. The first kappa shape index (κ1) is 9.85. The van der Waals surface area contributed by atoms with Crippen molar-refractivity contribution in [3.8, 4) is 5.75 Å². The van der Waals surface area contributed by atoms with Gasteiger partial charge < -0.3 is 4.74 Å². The number of fused-ring (bicyclic) bond motifs is 1. The van der Waals surface area contributed by atoms with E-state index in [2.05, 4.69) is 19.9 Å². The Balaban J connectivity index is 2.45. The molecule has 2 rings (SSSR count). The van der Waals surface area contributed by atoms with E-state index in [0.717, 1.165) is 30.2 Å². The summed E-state index contributed by atoms with van der Waals surface area (Å²) in [5.41, 5.74) is 2.54. The molecular weight excluding hydrogens is 196 g/mol. The molecule has 0 radical (unpaired) electrons. The van der Waals surface area contributed by atoms with Crippen molar-refractivity contribution < 1.29 is 4.74 Å². The molecule has 1 aromatic rings. The third-order valence-corrected chi connectivity index (χ3v) is 2.98. The fourth-order valence-electron chi connectivity index (χ4n) is 1.84. The summed E-state index contributed by atoms with van der Waals surface area (Å²) in [6, 6.07) is 4.16. The van der Waals surface area contributed by atoms with Crippen LogP contribution in [0.3, 0.4) is 0 Å². The molecule has 0 aliphatic carbocycles. The average Bonchev–Trinajstić information content (AvgIpc) is 2.16. The van der Waals surface area contributed by atoms with E-state index in [1.165, 1.54) is 11.1 Å². The summed E-state index contributed by atoms with van der Waals surface area (Å²) in [6.07, 6.45) is 2.23. The molecule has 0 aromatic heterocycles. The normalized spacial score (nSPS) is 15.1. The fourth-order valence-corrected chi connectivity index (χ4v) is 2.21. The molecule has 76 valence electrons. The van der Waals surface area contributed by atoms with Gasteiger partial charge in [0.1, 0.15) is 5.75 Å². The molecule has 0 bridgehead atoms. The van der Waals surface area contributed by atoms with Gasteiger partial charge >= 0.3 is 0 Å². The fraction of sp³-hybridized carbons (Fsp3) is 0.500. The summed E-state index contributed by atoms with van der Waals surface area (Å²) in [6.45, 7) is 5.15. The summed E-state index contributed by atoms with van der Waals surface area (Å²) in [7, 11) is 0. The van der Waals surface area contributed by atoms with Crippen LogP contribution < -0.4 is 4.74 Å². The summed E-state index contributed by atoms with van der Waals surface area (Å²) < 4.78 is 5.55. The van der Waals surface area contributed by atoms with E-state index in [4.69, 9.17) is 16.3 Å². The molecule has 0 spiro atoms. The van der Waals surface area contributed by atoms with Crippen LogP contribution in [-0.4, -0.2) is 6.61 Å². The van der Waals surface area contributed by atoms with Gasteiger partial charge in [-0.1, -0.05) is 31.5 Å². The van der Waals surface area contributed by atoms with E-state index in [1.54, 1.807) is 0 Å². The number of aryl methyl sites for hydroxylation is 1. The van der Waals surface area contributed by atoms with Gasteiger partial charge in [0.05, 0.1) is 6.61 Å². The zero-order chi connectivity index (χ0) is 10.1. The standard InChI is InChI=1S/C12H15ClO/c1-8(2)10-6-9-4-3-5-14-12(9)7-11(10)13/h6-8H,3-5H2,1-2H3. The lowest BCUT2D eigenvalue weighted by atomic mass is 9.97. The van der Waals surface area contributed by atoms with Gasteiger partial charge in [0, 0.05) is 5.02 Å². The van der Waals surface area contributed by atoms with Crippen LogP contribution in [0.25, 0.3) is 0 Å². The van der Waals surface area contributed by atoms with Gasteiger partial charge in [-0.15, -0.1) is 0 Å². The number of halogens is 1. The third-order valence-electron chi connectivity index (χ3n) is 2.65. The van der Waals surface area contributed by atoms with Crippen LogP contribution in [0.1, 0.15) is 37.3 Å². The largest absolute Gasteiger partial charge is 0.493 e. The van der Waals surface area contributed by atoms with Gasteiger partial charge in [-0.25, -0.2) is 0 Å².